The third kappa shape index (κ3) is 12.9. The van der Waals surface area contributed by atoms with Gasteiger partial charge in [0.05, 0.1) is 0 Å². The zero-order valence-corrected chi connectivity index (χ0v) is 30.7. The first-order valence-electron chi connectivity index (χ1n) is 15.0. The lowest BCUT2D eigenvalue weighted by Gasteiger charge is -2.08. The first kappa shape index (κ1) is 38.0. The fourth-order valence-electron chi connectivity index (χ4n) is 4.06. The van der Waals surface area contributed by atoms with Gasteiger partial charge in [0.1, 0.15) is 17.2 Å². The number of carbonyl (C=O) groups excluding carboxylic acids is 3. The summed E-state index contributed by atoms with van der Waals surface area (Å²) in [6.45, 7) is 6.60. The molecule has 0 radical (unpaired) electrons. The average molecular weight is 752 g/mol. The van der Waals surface area contributed by atoms with Crippen LogP contribution in [0.5, 0.6) is 0 Å². The number of rotatable bonds is 17. The Balaban J connectivity index is 1.37. The van der Waals surface area contributed by atoms with Crippen molar-refractivity contribution in [3.8, 4) is 0 Å². The molecule has 0 heterocycles. The number of ketones is 2. The molecule has 12 heteroatoms. The molecule has 4 rings (SSSR count). The monoisotopic (exact) mass is 750 g/mol. The molecule has 0 aromatic heterocycles. The number of hydrogen-bond acceptors (Lipinski definition) is 10. The van der Waals surface area contributed by atoms with Crippen LogP contribution in [0.2, 0.25) is 10.0 Å². The molecular weight excluding hydrogens is 720 g/mol. The number of benzene rings is 4. The molecule has 0 aliphatic carbocycles. The molecule has 0 atom stereocenters. The van der Waals surface area contributed by atoms with E-state index in [4.69, 9.17) is 32.9 Å². The van der Waals surface area contributed by atoms with Crippen molar-refractivity contribution in [2.75, 3.05) is 11.5 Å². The van der Waals surface area contributed by atoms with Gasteiger partial charge in [-0.2, -0.15) is 0 Å². The summed E-state index contributed by atoms with van der Waals surface area (Å²) in [7, 11) is 0. The Morgan fingerprint density at radius 2 is 0.959 bits per heavy atom. The predicted octanol–water partition coefficient (Wildman–Crippen LogP) is 10.7. The summed E-state index contributed by atoms with van der Waals surface area (Å²) in [5, 5.41) is 9.24. The van der Waals surface area contributed by atoms with Gasteiger partial charge >= 0.3 is 5.97 Å². The van der Waals surface area contributed by atoms with Crippen LogP contribution in [0.15, 0.2) is 139 Å². The van der Waals surface area contributed by atoms with Gasteiger partial charge in [0, 0.05) is 72.0 Å². The van der Waals surface area contributed by atoms with E-state index in [0.29, 0.717) is 57.0 Å². The summed E-state index contributed by atoms with van der Waals surface area (Å²) in [6.07, 6.45) is 0.698. The van der Waals surface area contributed by atoms with Crippen molar-refractivity contribution in [3.63, 3.8) is 0 Å². The van der Waals surface area contributed by atoms with Crippen LogP contribution in [0.4, 0.5) is 0 Å². The molecular formula is C37H32Cl2N2O5S3. The second kappa shape index (κ2) is 19.4. The number of nitrogens with zero attached hydrogens (tertiary/aromatic N) is 2. The fourth-order valence-corrected chi connectivity index (χ4v) is 6.85. The number of hydrogen-bond donors (Lipinski definition) is 0. The van der Waals surface area contributed by atoms with Crippen molar-refractivity contribution in [2.45, 2.75) is 46.3 Å². The van der Waals surface area contributed by atoms with Gasteiger partial charge in [-0.15, -0.1) is 23.5 Å². The van der Waals surface area contributed by atoms with Crippen LogP contribution in [-0.4, -0.2) is 40.5 Å². The van der Waals surface area contributed by atoms with E-state index >= 15 is 0 Å². The van der Waals surface area contributed by atoms with Crippen LogP contribution in [-0.2, 0) is 14.5 Å². The Labute approximate surface area is 308 Å². The number of halogens is 2. The Hall–Kier alpha value is -3.80. The van der Waals surface area contributed by atoms with E-state index in [-0.39, 0.29) is 17.3 Å². The van der Waals surface area contributed by atoms with E-state index < -0.39 is 5.97 Å². The lowest BCUT2D eigenvalue weighted by atomic mass is 10.1. The van der Waals surface area contributed by atoms with Crippen molar-refractivity contribution in [1.82, 2.24) is 0 Å². The molecule has 0 bridgehead atoms. The highest BCUT2D eigenvalue weighted by Crippen LogP contribution is 2.29. The van der Waals surface area contributed by atoms with Crippen LogP contribution < -0.4 is 0 Å². The Kier molecular flexibility index (Phi) is 15.1. The quantitative estimate of drug-likeness (QED) is 0.0263. The minimum absolute atomic E-state index is 0.150. The highest BCUT2D eigenvalue weighted by atomic mass is 35.5. The molecule has 0 saturated carbocycles. The topological polar surface area (TPSA) is 94.4 Å². The second-order valence-corrected chi connectivity index (χ2v) is 14.7. The predicted molar refractivity (Wildman–Crippen MR) is 202 cm³/mol. The molecule has 0 aliphatic heterocycles. The first-order valence-corrected chi connectivity index (χ1v) is 18.5. The maximum Gasteiger partial charge on any atom is 0.331 e. The number of thioether (sulfide) groups is 2. The molecule has 252 valence electrons. The molecule has 49 heavy (non-hydrogen) atoms. The molecule has 0 N–H and O–H groups in total. The van der Waals surface area contributed by atoms with Gasteiger partial charge in [-0.1, -0.05) is 51.9 Å². The minimum atomic E-state index is -0.605. The van der Waals surface area contributed by atoms with Gasteiger partial charge in [0.15, 0.2) is 0 Å². The van der Waals surface area contributed by atoms with Crippen LogP contribution in [0, 0.1) is 0 Å². The lowest BCUT2D eigenvalue weighted by Crippen LogP contribution is -2.16. The largest absolute Gasteiger partial charge is 0.362 e. The normalized spacial score (nSPS) is 11.6. The summed E-state index contributed by atoms with van der Waals surface area (Å²) in [6, 6.07) is 29.2. The van der Waals surface area contributed by atoms with Crippen LogP contribution in [0.25, 0.3) is 0 Å². The molecule has 4 aromatic rings. The average Bonchev–Trinajstić information content (AvgIpc) is 3.09. The maximum atomic E-state index is 13.4. The van der Waals surface area contributed by atoms with Crippen molar-refractivity contribution >= 4 is 87.4 Å². The lowest BCUT2D eigenvalue weighted by molar-refractivity contribution is -0.140. The third-order valence-corrected chi connectivity index (χ3v) is 9.98. The molecule has 0 unspecified atom stereocenters. The molecule has 0 spiro atoms. The number of oxime groups is 2. The van der Waals surface area contributed by atoms with Crippen LogP contribution >= 0.6 is 58.5 Å². The SMILES string of the molecule is C=C(C)O/N=C(\CCSc1ccc(Cl)cc1)C(=O)c1ccc(Sc2ccc(C(=O)/C(CCSc3ccc(Cl)cc3)=N/OC(C)=O)cc2)cc1. The van der Waals surface area contributed by atoms with Crippen LogP contribution in [0.3, 0.4) is 0 Å². The summed E-state index contributed by atoms with van der Waals surface area (Å²) < 4.78 is 0. The van der Waals surface area contributed by atoms with E-state index in [9.17, 15) is 14.4 Å². The minimum Gasteiger partial charge on any atom is -0.362 e. The van der Waals surface area contributed by atoms with E-state index in [1.807, 2.05) is 60.7 Å². The van der Waals surface area contributed by atoms with Crippen molar-refractivity contribution in [3.05, 3.63) is 131 Å². The molecule has 0 aliphatic rings. The van der Waals surface area contributed by atoms with Crippen molar-refractivity contribution in [2.24, 2.45) is 10.3 Å². The summed E-state index contributed by atoms with van der Waals surface area (Å²) in [5.74, 6) is 0.407. The first-order chi connectivity index (χ1) is 23.6. The maximum absolute atomic E-state index is 13.4. The Bertz CT molecular complexity index is 1690. The van der Waals surface area contributed by atoms with Gasteiger partial charge in [-0.05, 0) is 104 Å². The standard InChI is InChI=1S/C37H32Cl2N2O5S3/c1-24(2)45-40-34(20-22-47-30-16-8-28(38)9-17-30)36(43)26-4-12-32(13-5-26)49-33-14-6-27(7-15-33)37(44)35(41-46-25(3)42)21-23-48-31-18-10-29(39)11-19-31/h4-19H,1,20-23H2,2-3H3/b40-34+,41-35+. The number of allylic oxidation sites excluding steroid dienone is 1. The van der Waals surface area contributed by atoms with Crippen molar-refractivity contribution in [1.29, 1.82) is 0 Å². The molecule has 4 aromatic carbocycles. The Morgan fingerprint density at radius 3 is 1.33 bits per heavy atom. The smallest absolute Gasteiger partial charge is 0.331 e. The van der Waals surface area contributed by atoms with E-state index in [2.05, 4.69) is 16.9 Å². The zero-order chi connectivity index (χ0) is 35.2. The zero-order valence-electron chi connectivity index (χ0n) is 26.7. The van der Waals surface area contributed by atoms with E-state index in [0.717, 1.165) is 19.6 Å². The molecule has 7 nitrogen and oxygen atoms in total. The van der Waals surface area contributed by atoms with Gasteiger partial charge in [0.25, 0.3) is 0 Å². The summed E-state index contributed by atoms with van der Waals surface area (Å²) in [5.41, 5.74) is 1.35. The molecule has 0 amide bonds. The highest BCUT2D eigenvalue weighted by molar-refractivity contribution is 7.99. The van der Waals surface area contributed by atoms with Crippen molar-refractivity contribution < 1.29 is 24.1 Å². The van der Waals surface area contributed by atoms with Gasteiger partial charge in [-0.25, -0.2) is 4.79 Å². The fraction of sp³-hybridized carbons (Fsp3) is 0.162. The van der Waals surface area contributed by atoms with Gasteiger partial charge in [-0.3, -0.25) is 9.59 Å². The second-order valence-electron chi connectivity index (χ2n) is 10.4. The molecule has 0 fully saturated rings. The highest BCUT2D eigenvalue weighted by Gasteiger charge is 2.18. The van der Waals surface area contributed by atoms with E-state index in [1.165, 1.54) is 18.7 Å². The van der Waals surface area contributed by atoms with Gasteiger partial charge < -0.3 is 9.68 Å². The summed E-state index contributed by atoms with van der Waals surface area (Å²) >= 11 is 16.6. The molecule has 0 saturated heterocycles. The number of Topliss-reactive ketones (excluding diaryl/α,β-unsaturated/α-hetero) is 2. The van der Waals surface area contributed by atoms with E-state index in [1.54, 1.807) is 66.8 Å². The summed E-state index contributed by atoms with van der Waals surface area (Å²) in [4.78, 5) is 52.0. The third-order valence-electron chi connectivity index (χ3n) is 6.43. The Morgan fingerprint density at radius 1 is 0.592 bits per heavy atom. The van der Waals surface area contributed by atoms with Gasteiger partial charge in [0.2, 0.25) is 11.6 Å². The number of carbonyl (C=O) groups is 3. The van der Waals surface area contributed by atoms with Crippen LogP contribution in [0.1, 0.15) is 47.4 Å².